The van der Waals surface area contributed by atoms with Crippen molar-refractivity contribution in [2.75, 3.05) is 31.4 Å². The van der Waals surface area contributed by atoms with Gasteiger partial charge in [0.15, 0.2) is 11.5 Å². The number of carbonyl (C=O) groups excluding carboxylic acids is 1. The van der Waals surface area contributed by atoms with E-state index in [1.807, 2.05) is 17.0 Å². The van der Waals surface area contributed by atoms with E-state index in [4.69, 9.17) is 20.2 Å². The highest BCUT2D eigenvalue weighted by molar-refractivity contribution is 7.90. The van der Waals surface area contributed by atoms with Crippen molar-refractivity contribution in [3.8, 4) is 22.8 Å². The molecule has 1 unspecified atom stereocenters. The van der Waals surface area contributed by atoms with Crippen molar-refractivity contribution in [1.29, 1.82) is 0 Å². The molecule has 10 nitrogen and oxygen atoms in total. The predicted molar refractivity (Wildman–Crippen MR) is 141 cm³/mol. The van der Waals surface area contributed by atoms with E-state index >= 15 is 0 Å². The largest absolute Gasteiger partial charge is 0.493 e. The van der Waals surface area contributed by atoms with E-state index < -0.39 is 15.9 Å². The van der Waals surface area contributed by atoms with Gasteiger partial charge >= 0.3 is 0 Å². The smallest absolute Gasteiger partial charge is 0.268 e. The molecule has 2 aromatic heterocycles. The molecule has 4 rings (SSSR count). The summed E-state index contributed by atoms with van der Waals surface area (Å²) in [5.74, 6) is 0.730. The van der Waals surface area contributed by atoms with Gasteiger partial charge in [-0.15, -0.1) is 0 Å². The predicted octanol–water partition coefficient (Wildman–Crippen LogP) is 3.49. The van der Waals surface area contributed by atoms with E-state index in [1.165, 1.54) is 18.3 Å². The van der Waals surface area contributed by atoms with Crippen LogP contribution < -0.4 is 24.8 Å². The molecule has 37 heavy (non-hydrogen) atoms. The molecule has 0 radical (unpaired) electrons. The number of benzene rings is 1. The third-order valence-corrected chi connectivity index (χ3v) is 8.44. The maximum Gasteiger partial charge on any atom is 0.268 e. The molecule has 1 aliphatic rings. The van der Waals surface area contributed by atoms with Crippen LogP contribution in [0.4, 0.5) is 11.6 Å². The average Bonchev–Trinajstić information content (AvgIpc) is 3.14. The summed E-state index contributed by atoms with van der Waals surface area (Å²) < 4.78 is 39.1. The highest BCUT2D eigenvalue weighted by atomic mass is 32.2. The van der Waals surface area contributed by atoms with Crippen LogP contribution in [0.3, 0.4) is 0 Å². The Morgan fingerprint density at radius 3 is 2.51 bits per heavy atom. The molecule has 3 heterocycles. The number of methoxy groups -OCH3 is 2. The van der Waals surface area contributed by atoms with Crippen molar-refractivity contribution in [3.05, 3.63) is 54.2 Å². The Morgan fingerprint density at radius 2 is 1.89 bits per heavy atom. The summed E-state index contributed by atoms with van der Waals surface area (Å²) >= 11 is 0. The summed E-state index contributed by atoms with van der Waals surface area (Å²) in [5.41, 5.74) is 6.78. The minimum absolute atomic E-state index is 0.124. The Balaban J connectivity index is 1.83. The summed E-state index contributed by atoms with van der Waals surface area (Å²) in [5, 5.41) is 0. The van der Waals surface area contributed by atoms with E-state index in [2.05, 4.69) is 30.5 Å². The average molecular weight is 526 g/mol. The second kappa shape index (κ2) is 9.89. The Labute approximate surface area is 216 Å². The Bertz CT molecular complexity index is 1440. The van der Waals surface area contributed by atoms with Crippen molar-refractivity contribution < 1.29 is 22.7 Å². The van der Waals surface area contributed by atoms with Crippen molar-refractivity contribution in [1.82, 2.24) is 14.7 Å². The third-order valence-electron chi connectivity index (χ3n) is 7.06. The summed E-state index contributed by atoms with van der Waals surface area (Å²) in [7, 11) is -1.17. The lowest BCUT2D eigenvalue weighted by Gasteiger charge is -2.36. The molecule has 0 bridgehead atoms. The van der Waals surface area contributed by atoms with Crippen LogP contribution in [0.5, 0.6) is 11.5 Å². The number of ether oxygens (including phenoxy) is 2. The summed E-state index contributed by atoms with van der Waals surface area (Å²) in [6.07, 6.45) is 2.27. The fraction of sp³-hybridized carbons (Fsp3) is 0.346. The number of hydrogen-bond acceptors (Lipinski definition) is 9. The minimum Gasteiger partial charge on any atom is -0.493 e. The van der Waals surface area contributed by atoms with Gasteiger partial charge in [0.25, 0.3) is 15.9 Å². The Kier molecular flexibility index (Phi) is 7.00. The zero-order chi connectivity index (χ0) is 27.0. The number of pyridine rings is 2. The number of nitrogens with one attached hydrogen (secondary N) is 1. The van der Waals surface area contributed by atoms with Crippen molar-refractivity contribution >= 4 is 27.6 Å². The SMILES string of the molecule is COc1cccc(-c2ccc(C(=O)NS(=O)(=O)c3cccnc3N)c(N3CCC(C)C3(C)C)n2)c1OC. The van der Waals surface area contributed by atoms with E-state index in [-0.39, 0.29) is 21.8 Å². The number of anilines is 2. The van der Waals surface area contributed by atoms with E-state index in [0.717, 1.165) is 6.42 Å². The van der Waals surface area contributed by atoms with Gasteiger partial charge in [0.05, 0.1) is 25.5 Å². The molecule has 1 aliphatic heterocycles. The van der Waals surface area contributed by atoms with Gasteiger partial charge in [-0.2, -0.15) is 0 Å². The maximum atomic E-state index is 13.4. The van der Waals surface area contributed by atoms with Gasteiger partial charge < -0.3 is 20.1 Å². The molecule has 0 aliphatic carbocycles. The molecular weight excluding hydrogens is 494 g/mol. The van der Waals surface area contributed by atoms with E-state index in [9.17, 15) is 13.2 Å². The molecule has 0 spiro atoms. The van der Waals surface area contributed by atoms with Crippen LogP contribution in [0, 0.1) is 5.92 Å². The Hall–Kier alpha value is -3.86. The zero-order valence-corrected chi connectivity index (χ0v) is 22.3. The second-order valence-corrected chi connectivity index (χ2v) is 11.1. The molecular formula is C26H31N5O5S. The van der Waals surface area contributed by atoms with Crippen LogP contribution in [0.15, 0.2) is 53.6 Å². The lowest BCUT2D eigenvalue weighted by atomic mass is 9.90. The number of sulfonamides is 1. The number of rotatable bonds is 7. The molecule has 1 fully saturated rings. The van der Waals surface area contributed by atoms with Crippen LogP contribution >= 0.6 is 0 Å². The number of para-hydroxylation sites is 1. The Morgan fingerprint density at radius 1 is 1.14 bits per heavy atom. The van der Waals surface area contributed by atoms with Gasteiger partial charge in [-0.1, -0.05) is 13.0 Å². The summed E-state index contributed by atoms with van der Waals surface area (Å²) in [6.45, 7) is 6.96. The van der Waals surface area contributed by atoms with Gasteiger partial charge in [-0.05, 0) is 62.6 Å². The van der Waals surface area contributed by atoms with Gasteiger partial charge in [0.2, 0.25) is 0 Å². The van der Waals surface area contributed by atoms with Crippen LogP contribution in [-0.4, -0.2) is 50.6 Å². The first-order valence-electron chi connectivity index (χ1n) is 11.8. The van der Waals surface area contributed by atoms with Crippen molar-refractivity contribution in [2.45, 2.75) is 37.6 Å². The number of nitrogens with zero attached hydrogens (tertiary/aromatic N) is 3. The van der Waals surface area contributed by atoms with Gasteiger partial charge in [0, 0.05) is 23.8 Å². The number of aromatic nitrogens is 2. The van der Waals surface area contributed by atoms with Crippen molar-refractivity contribution in [2.24, 2.45) is 5.92 Å². The van der Waals surface area contributed by atoms with Gasteiger partial charge in [-0.25, -0.2) is 23.1 Å². The second-order valence-electron chi connectivity index (χ2n) is 9.43. The van der Waals surface area contributed by atoms with Gasteiger partial charge in [0.1, 0.15) is 16.5 Å². The van der Waals surface area contributed by atoms with E-state index in [1.54, 1.807) is 32.4 Å². The van der Waals surface area contributed by atoms with Crippen LogP contribution in [0.2, 0.25) is 0 Å². The first-order valence-corrected chi connectivity index (χ1v) is 13.3. The number of nitrogens with two attached hydrogens (primary N) is 1. The summed E-state index contributed by atoms with van der Waals surface area (Å²) in [4.78, 5) is 23.9. The first-order chi connectivity index (χ1) is 17.5. The molecule has 1 saturated heterocycles. The topological polar surface area (TPSA) is 137 Å². The number of amides is 1. The number of hydrogen-bond donors (Lipinski definition) is 2. The minimum atomic E-state index is -4.27. The molecule has 0 saturated carbocycles. The molecule has 196 valence electrons. The fourth-order valence-electron chi connectivity index (χ4n) is 4.54. The fourth-order valence-corrected chi connectivity index (χ4v) is 5.59. The van der Waals surface area contributed by atoms with Crippen LogP contribution in [-0.2, 0) is 10.0 Å². The maximum absolute atomic E-state index is 13.4. The lowest BCUT2D eigenvalue weighted by molar-refractivity contribution is 0.0981. The molecule has 1 amide bonds. The molecule has 3 N–H and O–H groups in total. The first kappa shape index (κ1) is 26.2. The standard InChI is InChI=1S/C26H31N5O5S/c1-16-13-15-31(26(16,2)3)24-18(25(32)30-37(33,34)21-10-7-14-28-23(21)27)11-12-19(29-24)17-8-6-9-20(35-4)22(17)36-5/h6-12,14,16H,13,15H2,1-5H3,(H2,27,28)(H,30,32). The number of carbonyl (C=O) groups is 1. The molecule has 3 aromatic rings. The summed E-state index contributed by atoms with van der Waals surface area (Å²) in [6, 6.07) is 11.4. The highest BCUT2D eigenvalue weighted by Gasteiger charge is 2.41. The quantitative estimate of drug-likeness (QED) is 0.475. The third kappa shape index (κ3) is 4.78. The van der Waals surface area contributed by atoms with Gasteiger partial charge in [-0.3, -0.25) is 4.79 Å². The van der Waals surface area contributed by atoms with Crippen LogP contribution in [0.1, 0.15) is 37.6 Å². The van der Waals surface area contributed by atoms with Crippen molar-refractivity contribution in [3.63, 3.8) is 0 Å². The number of nitrogen functional groups attached to an aromatic ring is 1. The monoisotopic (exact) mass is 525 g/mol. The van der Waals surface area contributed by atoms with Crippen LogP contribution in [0.25, 0.3) is 11.3 Å². The highest BCUT2D eigenvalue weighted by Crippen LogP contribution is 2.41. The molecule has 1 atom stereocenters. The lowest BCUT2D eigenvalue weighted by Crippen LogP contribution is -2.43. The normalized spacial score (nSPS) is 16.9. The zero-order valence-electron chi connectivity index (χ0n) is 21.5. The molecule has 11 heteroatoms. The van der Waals surface area contributed by atoms with E-state index in [0.29, 0.717) is 41.0 Å². The molecule has 1 aromatic carbocycles.